The summed E-state index contributed by atoms with van der Waals surface area (Å²) in [6, 6.07) is 0.182. The lowest BCUT2D eigenvalue weighted by Gasteiger charge is -2.43. The van der Waals surface area contributed by atoms with E-state index >= 15 is 0 Å². The van der Waals surface area contributed by atoms with Crippen LogP contribution in [0.2, 0.25) is 18.1 Å². The minimum atomic E-state index is -5.85. The molecule has 0 saturated carbocycles. The van der Waals surface area contributed by atoms with Crippen LogP contribution >= 0.6 is 22.6 Å². The van der Waals surface area contributed by atoms with Crippen molar-refractivity contribution >= 4 is 30.7 Å². The summed E-state index contributed by atoms with van der Waals surface area (Å²) < 4.78 is 74.2. The molecule has 0 saturated heterocycles. The van der Waals surface area contributed by atoms with Gasteiger partial charge < -0.3 is 0 Å². The fourth-order valence-electron chi connectivity index (χ4n) is 1.93. The van der Waals surface area contributed by atoms with Gasteiger partial charge in [-0.3, -0.25) is 0 Å². The lowest BCUT2D eigenvalue weighted by atomic mass is 10.3. The van der Waals surface area contributed by atoms with Crippen molar-refractivity contribution in [3.8, 4) is 0 Å². The minimum Gasteiger partial charge on any atom is -0.230 e. The molecule has 0 N–H and O–H groups in total. The highest BCUT2D eigenvalue weighted by atomic mass is 127. The summed E-state index contributed by atoms with van der Waals surface area (Å²) in [4.78, 5) is 0. The zero-order chi connectivity index (χ0) is 14.1. The van der Waals surface area contributed by atoms with Crippen LogP contribution in [-0.2, 0) is 0 Å². The summed E-state index contributed by atoms with van der Waals surface area (Å²) in [7, 11) is -3.34. The van der Waals surface area contributed by atoms with Crippen LogP contribution in [0.4, 0.5) is 26.3 Å². The van der Waals surface area contributed by atoms with Crippen LogP contribution < -0.4 is 0 Å². The Labute approximate surface area is 111 Å². The van der Waals surface area contributed by atoms with E-state index in [1.807, 2.05) is 0 Å². The van der Waals surface area contributed by atoms with E-state index in [0.717, 1.165) is 0 Å². The molecule has 0 spiro atoms. The summed E-state index contributed by atoms with van der Waals surface area (Å²) >= 11 is 0.684. The topological polar surface area (TPSA) is 0 Å². The Balaban J connectivity index is 5.67. The first-order valence-corrected chi connectivity index (χ1v) is 8.95. The second kappa shape index (κ2) is 5.26. The Hall–Kier alpha value is 0.527. The van der Waals surface area contributed by atoms with E-state index in [9.17, 15) is 26.3 Å². The lowest BCUT2D eigenvalue weighted by Crippen LogP contribution is -2.65. The van der Waals surface area contributed by atoms with Crippen LogP contribution in [0.15, 0.2) is 0 Å². The van der Waals surface area contributed by atoms with Gasteiger partial charge in [-0.05, 0) is 22.6 Å². The number of halogens is 7. The molecule has 8 heteroatoms. The quantitative estimate of drug-likeness (QED) is 0.257. The van der Waals surface area contributed by atoms with E-state index in [1.54, 1.807) is 0 Å². The largest absolute Gasteiger partial charge is 0.457 e. The first kappa shape index (κ1) is 17.5. The molecule has 0 aliphatic carbocycles. The summed E-state index contributed by atoms with van der Waals surface area (Å²) in [5, 5.41) is 0. The van der Waals surface area contributed by atoms with Gasteiger partial charge in [0.05, 0.1) is 0 Å². The van der Waals surface area contributed by atoms with Gasteiger partial charge in [0.15, 0.2) is 0 Å². The van der Waals surface area contributed by atoms with Crippen LogP contribution in [0.1, 0.15) is 20.8 Å². The number of alkyl halides is 7. The van der Waals surface area contributed by atoms with Gasteiger partial charge in [-0.2, -0.15) is 22.0 Å². The highest BCUT2D eigenvalue weighted by Gasteiger charge is 2.75. The average molecular weight is 392 g/mol. The van der Waals surface area contributed by atoms with Gasteiger partial charge >= 0.3 is 12.1 Å². The van der Waals surface area contributed by atoms with Crippen LogP contribution in [0, 0.1) is 0 Å². The van der Waals surface area contributed by atoms with Crippen molar-refractivity contribution in [3.05, 3.63) is 0 Å². The number of hydrogen-bond donors (Lipinski definition) is 0. The first-order valence-electron chi connectivity index (χ1n) is 5.25. The van der Waals surface area contributed by atoms with Gasteiger partial charge in [0.25, 0.3) is 0 Å². The van der Waals surface area contributed by atoms with Crippen molar-refractivity contribution in [3.63, 3.8) is 0 Å². The van der Waals surface area contributed by atoms with Gasteiger partial charge in [-0.15, -0.1) is 0 Å². The highest BCUT2D eigenvalue weighted by Crippen LogP contribution is 2.56. The van der Waals surface area contributed by atoms with E-state index in [0.29, 0.717) is 22.6 Å². The summed E-state index contributed by atoms with van der Waals surface area (Å²) in [6.07, 6.45) is -5.85. The first-order chi connectivity index (χ1) is 7.43. The predicted molar refractivity (Wildman–Crippen MR) is 66.1 cm³/mol. The molecule has 17 heavy (non-hydrogen) atoms. The zero-order valence-electron chi connectivity index (χ0n) is 9.77. The molecule has 0 fully saturated rings. The van der Waals surface area contributed by atoms with Gasteiger partial charge in [-0.25, -0.2) is 4.39 Å². The van der Waals surface area contributed by atoms with Gasteiger partial charge in [0.1, 0.15) is 8.07 Å². The van der Waals surface area contributed by atoms with Crippen molar-refractivity contribution in [1.29, 1.82) is 0 Å². The fraction of sp³-hybridized carbons (Fsp3) is 1.00. The molecule has 0 radical (unpaired) electrons. The molecule has 0 aromatic rings. The Morgan fingerprint density at radius 2 is 1.12 bits per heavy atom. The molecule has 0 bridgehead atoms. The van der Waals surface area contributed by atoms with Crippen molar-refractivity contribution in [2.45, 2.75) is 54.3 Å². The third kappa shape index (κ3) is 2.61. The van der Waals surface area contributed by atoms with Gasteiger partial charge in [0.2, 0.25) is 3.30 Å². The molecule has 0 aromatic heterocycles. The van der Waals surface area contributed by atoms with Gasteiger partial charge in [0, 0.05) is 0 Å². The van der Waals surface area contributed by atoms with E-state index in [4.69, 9.17) is 0 Å². The molecule has 1 unspecified atom stereocenters. The monoisotopic (exact) mass is 392 g/mol. The average Bonchev–Trinajstić information content (AvgIpc) is 2.19. The van der Waals surface area contributed by atoms with Crippen LogP contribution in [0.25, 0.3) is 0 Å². The number of hydrogen-bond acceptors (Lipinski definition) is 0. The van der Waals surface area contributed by atoms with Crippen molar-refractivity contribution in [2.75, 3.05) is 0 Å². The minimum absolute atomic E-state index is 0.0606. The molecule has 0 aromatic carbocycles. The summed E-state index contributed by atoms with van der Waals surface area (Å²) in [5.74, 6) is -5.30. The van der Waals surface area contributed by atoms with Crippen molar-refractivity contribution < 1.29 is 26.3 Å². The summed E-state index contributed by atoms with van der Waals surface area (Å²) in [6.45, 7) is 4.45. The van der Waals surface area contributed by atoms with Gasteiger partial charge in [-0.1, -0.05) is 38.9 Å². The smallest absolute Gasteiger partial charge is 0.230 e. The maximum atomic E-state index is 14.3. The Morgan fingerprint density at radius 1 is 0.824 bits per heavy atom. The lowest BCUT2D eigenvalue weighted by molar-refractivity contribution is -0.297. The standard InChI is InChI=1S/C9H15F6ISi/c1-4-17(5-2,6-3)9(15,16)7(10,11)8(12,13)14/h4-6H2,1-3H3. The van der Waals surface area contributed by atoms with E-state index in [1.165, 1.54) is 20.8 Å². The third-order valence-corrected chi connectivity index (χ3v) is 13.3. The molecule has 0 aliphatic heterocycles. The molecular formula is C9H15F6ISi. The van der Waals surface area contributed by atoms with E-state index in [-0.39, 0.29) is 18.1 Å². The summed E-state index contributed by atoms with van der Waals surface area (Å²) in [5.41, 5.74) is 0. The molecule has 0 rings (SSSR count). The maximum Gasteiger partial charge on any atom is 0.457 e. The van der Waals surface area contributed by atoms with E-state index in [2.05, 4.69) is 0 Å². The Morgan fingerprint density at radius 3 is 1.29 bits per heavy atom. The fourth-order valence-corrected chi connectivity index (χ4v) is 9.31. The van der Waals surface area contributed by atoms with Crippen molar-refractivity contribution in [2.24, 2.45) is 0 Å². The van der Waals surface area contributed by atoms with Crippen LogP contribution in [-0.4, -0.2) is 23.5 Å². The molecule has 0 nitrogen and oxygen atoms in total. The molecule has 0 amide bonds. The highest BCUT2D eigenvalue weighted by molar-refractivity contribution is 14.1. The third-order valence-electron chi connectivity index (χ3n) is 3.45. The molecule has 0 aliphatic rings. The molecule has 1 atom stereocenters. The maximum absolute atomic E-state index is 14.3. The SMILES string of the molecule is CC[Si](CC)(CC)C(F)(I)C(F)(F)C(F)(F)F. The van der Waals surface area contributed by atoms with E-state index < -0.39 is 23.5 Å². The molecule has 0 heterocycles. The Bertz CT molecular complexity index is 246. The second-order valence-corrected chi connectivity index (χ2v) is 11.9. The number of rotatable bonds is 5. The normalized spacial score (nSPS) is 18.0. The van der Waals surface area contributed by atoms with Crippen molar-refractivity contribution in [1.82, 2.24) is 0 Å². The van der Waals surface area contributed by atoms with Crippen LogP contribution in [0.5, 0.6) is 0 Å². The Kier molecular flexibility index (Phi) is 5.42. The van der Waals surface area contributed by atoms with Crippen LogP contribution in [0.3, 0.4) is 0 Å². The second-order valence-electron chi connectivity index (χ2n) is 3.99. The zero-order valence-corrected chi connectivity index (χ0v) is 12.9. The molecular weight excluding hydrogens is 377 g/mol. The predicted octanol–water partition coefficient (Wildman–Crippen LogP) is 5.33. The molecule has 104 valence electrons.